The van der Waals surface area contributed by atoms with Crippen LogP contribution < -0.4 is 14.4 Å². The molecule has 0 bridgehead atoms. The fraction of sp³-hybridized carbons (Fsp3) is 0.379. The van der Waals surface area contributed by atoms with Gasteiger partial charge in [-0.3, -0.25) is 14.5 Å². The summed E-state index contributed by atoms with van der Waals surface area (Å²) in [6.45, 7) is 4.44. The lowest BCUT2D eigenvalue weighted by Gasteiger charge is -2.28. The summed E-state index contributed by atoms with van der Waals surface area (Å²) in [6.07, 6.45) is 1.92. The molecule has 38 heavy (non-hydrogen) atoms. The molecule has 0 N–H and O–H groups in total. The standard InChI is InChI=1S/C29H31N5O4/c1-37-25-16-21-15-22(19-30)28(31-24(21)18-26(25)38-2)33-11-5-9-32(13-14-33)10-6-12-34-27(35)17-20-7-3-4-8-23(20)29(34)36/h3-4,7-8,15-16,18H,5-6,9-14,17H2,1-2H3. The van der Waals surface area contributed by atoms with Crippen molar-refractivity contribution in [2.24, 2.45) is 0 Å². The topological polar surface area (TPSA) is 99.0 Å². The highest BCUT2D eigenvalue weighted by Crippen LogP contribution is 2.34. The Hall–Kier alpha value is -4.16. The van der Waals surface area contributed by atoms with Gasteiger partial charge in [0.15, 0.2) is 11.5 Å². The Balaban J connectivity index is 1.23. The molecule has 9 nitrogen and oxygen atoms in total. The second-order valence-electron chi connectivity index (χ2n) is 9.59. The number of hydrogen-bond acceptors (Lipinski definition) is 8. The van der Waals surface area contributed by atoms with E-state index in [4.69, 9.17) is 14.5 Å². The second-order valence-corrected chi connectivity index (χ2v) is 9.59. The average Bonchev–Trinajstić information content (AvgIpc) is 3.18. The summed E-state index contributed by atoms with van der Waals surface area (Å²) in [7, 11) is 3.18. The van der Waals surface area contributed by atoms with E-state index in [0.717, 1.165) is 62.0 Å². The SMILES string of the molecule is COc1cc2cc(C#N)c(N3CCCN(CCCN4C(=O)Cc5ccccc5C4=O)CC3)nc2cc1OC. The van der Waals surface area contributed by atoms with E-state index in [1.54, 1.807) is 20.3 Å². The predicted octanol–water partition coefficient (Wildman–Crippen LogP) is 3.25. The van der Waals surface area contributed by atoms with Crippen molar-refractivity contribution >= 4 is 28.5 Å². The minimum Gasteiger partial charge on any atom is -0.493 e. The number of aromatic nitrogens is 1. The van der Waals surface area contributed by atoms with E-state index in [2.05, 4.69) is 15.9 Å². The van der Waals surface area contributed by atoms with E-state index >= 15 is 0 Å². The van der Waals surface area contributed by atoms with Crippen molar-refractivity contribution in [3.8, 4) is 17.6 Å². The maximum Gasteiger partial charge on any atom is 0.260 e. The van der Waals surface area contributed by atoms with Gasteiger partial charge in [0, 0.05) is 43.2 Å². The summed E-state index contributed by atoms with van der Waals surface area (Å²) in [4.78, 5) is 36.2. The Bertz CT molecular complexity index is 1420. The van der Waals surface area contributed by atoms with Gasteiger partial charge < -0.3 is 19.3 Å². The molecule has 3 heterocycles. The van der Waals surface area contributed by atoms with Crippen LogP contribution >= 0.6 is 0 Å². The number of nitriles is 1. The summed E-state index contributed by atoms with van der Waals surface area (Å²) in [6, 6.07) is 15.2. The van der Waals surface area contributed by atoms with Crippen molar-refractivity contribution in [2.45, 2.75) is 19.3 Å². The zero-order valence-electron chi connectivity index (χ0n) is 21.8. The monoisotopic (exact) mass is 513 g/mol. The lowest BCUT2D eigenvalue weighted by atomic mass is 9.98. The number of carbonyl (C=O) groups is 2. The number of benzene rings is 2. The van der Waals surface area contributed by atoms with Gasteiger partial charge in [-0.15, -0.1) is 0 Å². The first-order valence-corrected chi connectivity index (χ1v) is 12.9. The van der Waals surface area contributed by atoms with Crippen LogP contribution in [-0.4, -0.2) is 80.1 Å². The number of anilines is 1. The van der Waals surface area contributed by atoms with Crippen molar-refractivity contribution in [1.82, 2.24) is 14.8 Å². The lowest BCUT2D eigenvalue weighted by Crippen LogP contribution is -2.43. The first kappa shape index (κ1) is 25.5. The third-order valence-corrected chi connectivity index (χ3v) is 7.30. The third-order valence-electron chi connectivity index (χ3n) is 7.30. The number of nitrogens with zero attached hydrogens (tertiary/aromatic N) is 5. The van der Waals surface area contributed by atoms with Crippen LogP contribution in [0.25, 0.3) is 10.9 Å². The molecule has 0 saturated carbocycles. The van der Waals surface area contributed by atoms with Gasteiger partial charge in [0.25, 0.3) is 5.91 Å². The number of imide groups is 1. The average molecular weight is 514 g/mol. The fourth-order valence-electron chi connectivity index (χ4n) is 5.30. The van der Waals surface area contributed by atoms with E-state index in [9.17, 15) is 14.9 Å². The Morgan fingerprint density at radius 3 is 2.55 bits per heavy atom. The van der Waals surface area contributed by atoms with E-state index in [1.807, 2.05) is 36.4 Å². The van der Waals surface area contributed by atoms with Crippen molar-refractivity contribution in [3.05, 3.63) is 59.2 Å². The van der Waals surface area contributed by atoms with Gasteiger partial charge in [0.1, 0.15) is 11.9 Å². The fourth-order valence-corrected chi connectivity index (χ4v) is 5.30. The summed E-state index contributed by atoms with van der Waals surface area (Å²) in [5.41, 5.74) is 2.71. The number of hydrogen-bond donors (Lipinski definition) is 0. The van der Waals surface area contributed by atoms with Gasteiger partial charge in [-0.05, 0) is 49.7 Å². The number of methoxy groups -OCH3 is 2. The van der Waals surface area contributed by atoms with Crippen LogP contribution in [-0.2, 0) is 11.2 Å². The first-order chi connectivity index (χ1) is 18.5. The number of rotatable bonds is 7. The maximum absolute atomic E-state index is 12.8. The summed E-state index contributed by atoms with van der Waals surface area (Å²) < 4.78 is 10.8. The number of carbonyl (C=O) groups excluding carboxylic acids is 2. The summed E-state index contributed by atoms with van der Waals surface area (Å²) in [5, 5.41) is 10.7. The van der Waals surface area contributed by atoms with Gasteiger partial charge in [0.2, 0.25) is 5.91 Å². The first-order valence-electron chi connectivity index (χ1n) is 12.9. The van der Waals surface area contributed by atoms with Crippen molar-refractivity contribution < 1.29 is 19.1 Å². The molecule has 0 unspecified atom stereocenters. The minimum absolute atomic E-state index is 0.128. The molecule has 1 saturated heterocycles. The molecule has 1 fully saturated rings. The van der Waals surface area contributed by atoms with Gasteiger partial charge in [-0.25, -0.2) is 4.98 Å². The molecule has 0 radical (unpaired) electrons. The molecule has 196 valence electrons. The molecular weight excluding hydrogens is 482 g/mol. The number of amides is 2. The lowest BCUT2D eigenvalue weighted by molar-refractivity contribution is -0.128. The smallest absolute Gasteiger partial charge is 0.260 e. The largest absolute Gasteiger partial charge is 0.493 e. The zero-order valence-corrected chi connectivity index (χ0v) is 21.8. The molecule has 1 aromatic heterocycles. The van der Waals surface area contributed by atoms with Crippen LogP contribution in [0.1, 0.15) is 34.3 Å². The molecule has 2 aromatic carbocycles. The molecule has 0 aliphatic carbocycles. The predicted molar refractivity (Wildman–Crippen MR) is 144 cm³/mol. The van der Waals surface area contributed by atoms with Crippen LogP contribution in [0.15, 0.2) is 42.5 Å². The Labute approximate surface area is 222 Å². The number of fused-ring (bicyclic) bond motifs is 2. The number of pyridine rings is 1. The highest BCUT2D eigenvalue weighted by Gasteiger charge is 2.30. The van der Waals surface area contributed by atoms with Crippen LogP contribution in [0.5, 0.6) is 11.5 Å². The molecule has 2 aliphatic heterocycles. The third kappa shape index (κ3) is 5.00. The van der Waals surface area contributed by atoms with Crippen LogP contribution in [0.3, 0.4) is 0 Å². The van der Waals surface area contributed by atoms with Crippen LogP contribution in [0, 0.1) is 11.3 Å². The van der Waals surface area contributed by atoms with Crippen LogP contribution in [0.2, 0.25) is 0 Å². The van der Waals surface area contributed by atoms with Gasteiger partial charge in [-0.2, -0.15) is 5.26 Å². The molecule has 2 aliphatic rings. The Morgan fingerprint density at radius 1 is 0.974 bits per heavy atom. The molecule has 2 amide bonds. The second kappa shape index (κ2) is 11.1. The molecule has 9 heteroatoms. The van der Waals surface area contributed by atoms with Crippen LogP contribution in [0.4, 0.5) is 5.82 Å². The quantitative estimate of drug-likeness (QED) is 0.444. The van der Waals surface area contributed by atoms with Gasteiger partial charge in [0.05, 0.1) is 31.7 Å². The van der Waals surface area contributed by atoms with Crippen molar-refractivity contribution in [2.75, 3.05) is 58.4 Å². The molecular formula is C29H31N5O4. The van der Waals surface area contributed by atoms with E-state index in [-0.39, 0.29) is 18.2 Å². The molecule has 3 aromatic rings. The normalized spacial score (nSPS) is 16.2. The molecule has 0 spiro atoms. The Kier molecular flexibility index (Phi) is 7.43. The minimum atomic E-state index is -0.195. The van der Waals surface area contributed by atoms with Crippen molar-refractivity contribution in [3.63, 3.8) is 0 Å². The van der Waals surface area contributed by atoms with E-state index in [0.29, 0.717) is 35.0 Å². The maximum atomic E-state index is 12.8. The highest BCUT2D eigenvalue weighted by atomic mass is 16.5. The Morgan fingerprint density at radius 2 is 1.76 bits per heavy atom. The number of ether oxygens (including phenoxy) is 2. The summed E-state index contributed by atoms with van der Waals surface area (Å²) >= 11 is 0. The van der Waals surface area contributed by atoms with Gasteiger partial charge >= 0.3 is 0 Å². The highest BCUT2D eigenvalue weighted by molar-refractivity contribution is 6.09. The van der Waals surface area contributed by atoms with E-state index < -0.39 is 0 Å². The molecule has 5 rings (SSSR count). The van der Waals surface area contributed by atoms with E-state index in [1.165, 1.54) is 4.90 Å². The molecule has 0 atom stereocenters. The van der Waals surface area contributed by atoms with Crippen molar-refractivity contribution in [1.29, 1.82) is 5.26 Å². The van der Waals surface area contributed by atoms with Gasteiger partial charge in [-0.1, -0.05) is 18.2 Å². The zero-order chi connectivity index (χ0) is 26.6. The summed E-state index contributed by atoms with van der Waals surface area (Å²) in [5.74, 6) is 1.55.